The second kappa shape index (κ2) is 11.6. The van der Waals surface area contributed by atoms with Gasteiger partial charge in [-0.15, -0.1) is 0 Å². The number of rotatable bonds is 10. The van der Waals surface area contributed by atoms with Crippen LogP contribution in [0, 0.1) is 0 Å². The standard InChI is InChI=1S/C22H37N7/c1-18(28(5)16-19-10-8-7-9-11-19)12-13-24-22(23-2)25-15-21(27(3)4)20-14-26-29(6)17-20/h7-11,14,17-18,21H,12-13,15-16H2,1-6H3,(H2,23,24,25). The van der Waals surface area contributed by atoms with E-state index in [1.807, 2.05) is 25.0 Å². The summed E-state index contributed by atoms with van der Waals surface area (Å²) in [6.07, 6.45) is 5.03. The molecule has 2 aromatic rings. The Hall–Kier alpha value is -2.38. The molecule has 1 heterocycles. The molecule has 0 radical (unpaired) electrons. The van der Waals surface area contributed by atoms with Gasteiger partial charge in [0.15, 0.2) is 5.96 Å². The van der Waals surface area contributed by atoms with Gasteiger partial charge in [0.2, 0.25) is 0 Å². The first-order valence-electron chi connectivity index (χ1n) is 10.2. The number of hydrogen-bond donors (Lipinski definition) is 2. The van der Waals surface area contributed by atoms with Crippen molar-refractivity contribution in [3.63, 3.8) is 0 Å². The van der Waals surface area contributed by atoms with Crippen molar-refractivity contribution >= 4 is 5.96 Å². The number of guanidine groups is 1. The van der Waals surface area contributed by atoms with Gasteiger partial charge in [0, 0.05) is 51.5 Å². The van der Waals surface area contributed by atoms with Crippen molar-refractivity contribution in [1.29, 1.82) is 0 Å². The summed E-state index contributed by atoms with van der Waals surface area (Å²) in [5.41, 5.74) is 2.54. The Labute approximate surface area is 175 Å². The lowest BCUT2D eigenvalue weighted by atomic mass is 10.1. The number of aromatic nitrogens is 2. The molecule has 1 aromatic heterocycles. The lowest BCUT2D eigenvalue weighted by molar-refractivity contribution is 0.238. The van der Waals surface area contributed by atoms with E-state index in [9.17, 15) is 0 Å². The number of hydrogen-bond acceptors (Lipinski definition) is 4. The van der Waals surface area contributed by atoms with Gasteiger partial charge in [-0.1, -0.05) is 30.3 Å². The van der Waals surface area contributed by atoms with Crippen LogP contribution in [-0.2, 0) is 13.6 Å². The van der Waals surface area contributed by atoms with Crippen LogP contribution in [0.1, 0.15) is 30.5 Å². The van der Waals surface area contributed by atoms with Crippen molar-refractivity contribution in [3.05, 3.63) is 53.9 Å². The predicted molar refractivity (Wildman–Crippen MR) is 121 cm³/mol. The zero-order valence-electron chi connectivity index (χ0n) is 18.8. The lowest BCUT2D eigenvalue weighted by Gasteiger charge is -2.26. The molecule has 2 N–H and O–H groups in total. The monoisotopic (exact) mass is 399 g/mol. The van der Waals surface area contributed by atoms with Crippen molar-refractivity contribution in [2.45, 2.75) is 32.0 Å². The largest absolute Gasteiger partial charge is 0.356 e. The third-order valence-corrected chi connectivity index (χ3v) is 5.30. The summed E-state index contributed by atoms with van der Waals surface area (Å²) in [5, 5.41) is 11.2. The summed E-state index contributed by atoms with van der Waals surface area (Å²) in [6, 6.07) is 11.3. The third-order valence-electron chi connectivity index (χ3n) is 5.30. The first-order chi connectivity index (χ1) is 13.9. The molecule has 0 bridgehead atoms. The molecule has 0 saturated carbocycles. The van der Waals surface area contributed by atoms with E-state index in [1.54, 1.807) is 0 Å². The van der Waals surface area contributed by atoms with E-state index >= 15 is 0 Å². The summed E-state index contributed by atoms with van der Waals surface area (Å²) in [6.45, 7) is 4.87. The summed E-state index contributed by atoms with van der Waals surface area (Å²) >= 11 is 0. The Morgan fingerprint density at radius 3 is 2.48 bits per heavy atom. The molecule has 0 aliphatic carbocycles. The molecule has 0 aliphatic rings. The number of nitrogens with one attached hydrogen (secondary N) is 2. The highest BCUT2D eigenvalue weighted by Crippen LogP contribution is 2.16. The maximum atomic E-state index is 4.37. The Bertz CT molecular complexity index is 739. The highest BCUT2D eigenvalue weighted by molar-refractivity contribution is 5.79. The van der Waals surface area contributed by atoms with Crippen LogP contribution in [0.4, 0.5) is 0 Å². The molecule has 160 valence electrons. The lowest BCUT2D eigenvalue weighted by Crippen LogP contribution is -2.43. The van der Waals surface area contributed by atoms with Gasteiger partial charge >= 0.3 is 0 Å². The van der Waals surface area contributed by atoms with Crippen LogP contribution in [0.3, 0.4) is 0 Å². The van der Waals surface area contributed by atoms with E-state index < -0.39 is 0 Å². The van der Waals surface area contributed by atoms with E-state index in [1.165, 1.54) is 11.1 Å². The fourth-order valence-corrected chi connectivity index (χ4v) is 3.27. The maximum Gasteiger partial charge on any atom is 0.191 e. The molecule has 7 heteroatoms. The quantitative estimate of drug-likeness (QED) is 0.473. The van der Waals surface area contributed by atoms with E-state index in [-0.39, 0.29) is 6.04 Å². The van der Waals surface area contributed by atoms with Crippen molar-refractivity contribution < 1.29 is 0 Å². The molecular formula is C22H37N7. The topological polar surface area (TPSA) is 60.7 Å². The minimum absolute atomic E-state index is 0.234. The zero-order chi connectivity index (χ0) is 21.2. The van der Waals surface area contributed by atoms with Crippen LogP contribution in [0.25, 0.3) is 0 Å². The highest BCUT2D eigenvalue weighted by Gasteiger charge is 2.16. The van der Waals surface area contributed by atoms with Crippen LogP contribution in [0.5, 0.6) is 0 Å². The highest BCUT2D eigenvalue weighted by atomic mass is 15.3. The van der Waals surface area contributed by atoms with Crippen molar-refractivity contribution in [3.8, 4) is 0 Å². The summed E-state index contributed by atoms with van der Waals surface area (Å²) in [4.78, 5) is 8.95. The van der Waals surface area contributed by atoms with E-state index in [0.717, 1.165) is 32.0 Å². The van der Waals surface area contributed by atoms with Gasteiger partial charge in [-0.2, -0.15) is 5.10 Å². The molecular weight excluding hydrogens is 362 g/mol. The number of aryl methyl sites for hydroxylation is 1. The first-order valence-corrected chi connectivity index (χ1v) is 10.2. The molecule has 2 rings (SSSR count). The third kappa shape index (κ3) is 7.51. The molecule has 0 saturated heterocycles. The zero-order valence-corrected chi connectivity index (χ0v) is 18.8. The van der Waals surface area contributed by atoms with Gasteiger partial charge in [-0.05, 0) is 40.1 Å². The van der Waals surface area contributed by atoms with E-state index in [4.69, 9.17) is 0 Å². The fourth-order valence-electron chi connectivity index (χ4n) is 3.27. The first kappa shape index (κ1) is 22.9. The average Bonchev–Trinajstić information content (AvgIpc) is 3.13. The number of nitrogens with zero attached hydrogens (tertiary/aromatic N) is 5. The maximum absolute atomic E-state index is 4.37. The average molecular weight is 400 g/mol. The van der Waals surface area contributed by atoms with E-state index in [0.29, 0.717) is 6.04 Å². The molecule has 2 atom stereocenters. The van der Waals surface area contributed by atoms with Gasteiger partial charge in [-0.3, -0.25) is 14.6 Å². The number of aliphatic imine (C=N–C) groups is 1. The van der Waals surface area contributed by atoms with E-state index in [2.05, 4.69) is 95.1 Å². The van der Waals surface area contributed by atoms with Crippen LogP contribution in [0.2, 0.25) is 0 Å². The fraction of sp³-hybridized carbons (Fsp3) is 0.545. The molecule has 0 aliphatic heterocycles. The smallest absolute Gasteiger partial charge is 0.191 e. The minimum Gasteiger partial charge on any atom is -0.356 e. The summed E-state index contributed by atoms with van der Waals surface area (Å²) in [5.74, 6) is 0.832. The Kier molecular flexibility index (Phi) is 9.15. The van der Waals surface area contributed by atoms with Gasteiger partial charge in [0.05, 0.1) is 12.2 Å². The molecule has 0 amide bonds. The second-order valence-electron chi connectivity index (χ2n) is 7.85. The van der Waals surface area contributed by atoms with Gasteiger partial charge < -0.3 is 15.5 Å². The van der Waals surface area contributed by atoms with Crippen LogP contribution in [-0.4, -0.2) is 72.9 Å². The summed E-state index contributed by atoms with van der Waals surface area (Å²) in [7, 11) is 10.1. The SMILES string of the molecule is CN=C(NCCC(C)N(C)Cc1ccccc1)NCC(c1cnn(C)c1)N(C)C. The number of benzene rings is 1. The van der Waals surface area contributed by atoms with Crippen LogP contribution >= 0.6 is 0 Å². The van der Waals surface area contributed by atoms with Crippen LogP contribution < -0.4 is 10.6 Å². The molecule has 29 heavy (non-hydrogen) atoms. The molecule has 0 fully saturated rings. The minimum atomic E-state index is 0.234. The summed E-state index contributed by atoms with van der Waals surface area (Å²) < 4.78 is 1.84. The second-order valence-corrected chi connectivity index (χ2v) is 7.85. The Morgan fingerprint density at radius 2 is 1.90 bits per heavy atom. The van der Waals surface area contributed by atoms with Gasteiger partial charge in [0.25, 0.3) is 0 Å². The molecule has 7 nitrogen and oxygen atoms in total. The molecule has 1 aromatic carbocycles. The van der Waals surface area contributed by atoms with Crippen molar-refractivity contribution in [1.82, 2.24) is 30.2 Å². The van der Waals surface area contributed by atoms with Gasteiger partial charge in [0.1, 0.15) is 0 Å². The van der Waals surface area contributed by atoms with Crippen LogP contribution in [0.15, 0.2) is 47.7 Å². The Balaban J connectivity index is 1.76. The number of likely N-dealkylation sites (N-methyl/N-ethyl adjacent to an activating group) is 1. The van der Waals surface area contributed by atoms with Crippen molar-refractivity contribution in [2.24, 2.45) is 12.0 Å². The predicted octanol–water partition coefficient (Wildman–Crippen LogP) is 2.10. The normalized spacial score (nSPS) is 14.3. The molecule has 2 unspecified atom stereocenters. The van der Waals surface area contributed by atoms with Gasteiger partial charge in [-0.25, -0.2) is 0 Å². The molecule has 0 spiro atoms. The Morgan fingerprint density at radius 1 is 1.17 bits per heavy atom. The van der Waals surface area contributed by atoms with Crippen molar-refractivity contribution in [2.75, 3.05) is 41.3 Å².